The average molecular weight is 343 g/mol. The van der Waals surface area contributed by atoms with Crippen LogP contribution in [0, 0.1) is 22.9 Å². The molecule has 0 bridgehead atoms. The van der Waals surface area contributed by atoms with E-state index in [4.69, 9.17) is 10.3 Å². The van der Waals surface area contributed by atoms with Gasteiger partial charge in [0.2, 0.25) is 0 Å². The molecular weight excluding hydrogens is 327 g/mol. The first kappa shape index (κ1) is 17.3. The SMILES string of the molecule is Cc1cc(F)cc(-c2nc(C3(N)CCCC3)no2)c1[N+](=O)[O-].Cl. The largest absolute Gasteiger partial charge is 0.334 e. The molecule has 2 N–H and O–H groups in total. The standard InChI is InChI=1S/C14H15FN4O3.ClH/c1-8-6-9(15)7-10(11(8)19(20)21)12-17-13(18-22-12)14(16)4-2-3-5-14;/h6-7H,2-5,16H2,1H3;1H. The normalized spacial score (nSPS) is 16.1. The molecule has 1 saturated carbocycles. The first-order valence-electron chi connectivity index (χ1n) is 6.99. The molecule has 2 aromatic rings. The third kappa shape index (κ3) is 3.04. The van der Waals surface area contributed by atoms with Gasteiger partial charge in [-0.25, -0.2) is 4.39 Å². The summed E-state index contributed by atoms with van der Waals surface area (Å²) in [5.41, 5.74) is 5.50. The zero-order valence-electron chi connectivity index (χ0n) is 12.4. The number of nitrogens with two attached hydrogens (primary N) is 1. The van der Waals surface area contributed by atoms with Crippen LogP contribution < -0.4 is 5.73 Å². The summed E-state index contributed by atoms with van der Waals surface area (Å²) in [5, 5.41) is 15.1. The quantitative estimate of drug-likeness (QED) is 0.677. The van der Waals surface area contributed by atoms with Gasteiger partial charge in [-0.3, -0.25) is 10.1 Å². The zero-order chi connectivity index (χ0) is 15.9. The number of nitro benzene ring substituents is 1. The van der Waals surface area contributed by atoms with Crippen molar-refractivity contribution in [2.75, 3.05) is 0 Å². The zero-order valence-corrected chi connectivity index (χ0v) is 13.2. The molecule has 0 unspecified atom stereocenters. The van der Waals surface area contributed by atoms with E-state index in [-0.39, 0.29) is 35.1 Å². The second-order valence-corrected chi connectivity index (χ2v) is 5.66. The highest BCUT2D eigenvalue weighted by Crippen LogP contribution is 2.37. The molecule has 0 aliphatic heterocycles. The summed E-state index contributed by atoms with van der Waals surface area (Å²) < 4.78 is 18.7. The Balaban J connectivity index is 0.00000192. The summed E-state index contributed by atoms with van der Waals surface area (Å²) in [6.45, 7) is 1.46. The van der Waals surface area contributed by atoms with Crippen LogP contribution >= 0.6 is 12.4 Å². The maximum atomic E-state index is 13.6. The van der Waals surface area contributed by atoms with E-state index in [2.05, 4.69) is 10.1 Å². The Morgan fingerprint density at radius 1 is 1.39 bits per heavy atom. The van der Waals surface area contributed by atoms with E-state index in [9.17, 15) is 14.5 Å². The number of nitrogens with zero attached hydrogens (tertiary/aromatic N) is 3. The summed E-state index contributed by atoms with van der Waals surface area (Å²) in [5.74, 6) is -0.363. The highest BCUT2D eigenvalue weighted by atomic mass is 35.5. The first-order chi connectivity index (χ1) is 10.4. The van der Waals surface area contributed by atoms with Gasteiger partial charge in [-0.15, -0.1) is 12.4 Å². The summed E-state index contributed by atoms with van der Waals surface area (Å²) >= 11 is 0. The molecule has 9 heteroatoms. The Kier molecular flexibility index (Phi) is 4.67. The van der Waals surface area contributed by atoms with Crippen molar-refractivity contribution in [3.63, 3.8) is 0 Å². The summed E-state index contributed by atoms with van der Waals surface area (Å²) in [4.78, 5) is 14.8. The van der Waals surface area contributed by atoms with Crippen molar-refractivity contribution in [3.8, 4) is 11.5 Å². The second kappa shape index (κ2) is 6.21. The van der Waals surface area contributed by atoms with Gasteiger partial charge in [-0.2, -0.15) is 4.98 Å². The van der Waals surface area contributed by atoms with Crippen molar-refractivity contribution in [1.29, 1.82) is 0 Å². The molecule has 1 aromatic heterocycles. The van der Waals surface area contributed by atoms with Crippen molar-refractivity contribution < 1.29 is 13.8 Å². The lowest BCUT2D eigenvalue weighted by Gasteiger charge is -2.17. The van der Waals surface area contributed by atoms with Crippen LogP contribution in [0.5, 0.6) is 0 Å². The molecule has 7 nitrogen and oxygen atoms in total. The third-order valence-electron chi connectivity index (χ3n) is 4.05. The van der Waals surface area contributed by atoms with Crippen LogP contribution in [0.3, 0.4) is 0 Å². The number of nitro groups is 1. The maximum Gasteiger partial charge on any atom is 0.285 e. The lowest BCUT2D eigenvalue weighted by atomic mass is 9.98. The summed E-state index contributed by atoms with van der Waals surface area (Å²) in [6, 6.07) is 2.13. The number of hydrogen-bond acceptors (Lipinski definition) is 6. The lowest BCUT2D eigenvalue weighted by Crippen LogP contribution is -2.34. The Morgan fingerprint density at radius 3 is 2.65 bits per heavy atom. The predicted octanol–water partition coefficient (Wildman–Crippen LogP) is 3.24. The number of aryl methyl sites for hydroxylation is 1. The fraction of sp³-hybridized carbons (Fsp3) is 0.429. The van der Waals surface area contributed by atoms with Crippen molar-refractivity contribution in [2.24, 2.45) is 5.73 Å². The molecule has 1 aromatic carbocycles. The van der Waals surface area contributed by atoms with Crippen LogP contribution in [0.15, 0.2) is 16.7 Å². The van der Waals surface area contributed by atoms with Gasteiger partial charge >= 0.3 is 0 Å². The summed E-state index contributed by atoms with van der Waals surface area (Å²) in [7, 11) is 0. The van der Waals surface area contributed by atoms with Crippen LogP contribution in [-0.2, 0) is 5.54 Å². The number of benzene rings is 1. The van der Waals surface area contributed by atoms with Crippen molar-refractivity contribution in [3.05, 3.63) is 39.5 Å². The van der Waals surface area contributed by atoms with Crippen LogP contribution in [0.25, 0.3) is 11.5 Å². The van der Waals surface area contributed by atoms with E-state index in [0.717, 1.165) is 37.8 Å². The molecule has 23 heavy (non-hydrogen) atoms. The average Bonchev–Trinajstić information content (AvgIpc) is 3.06. The van der Waals surface area contributed by atoms with Gasteiger partial charge in [-0.05, 0) is 31.9 Å². The van der Waals surface area contributed by atoms with E-state index in [1.807, 2.05) is 0 Å². The minimum Gasteiger partial charge on any atom is -0.334 e. The van der Waals surface area contributed by atoms with E-state index >= 15 is 0 Å². The van der Waals surface area contributed by atoms with Gasteiger partial charge in [0.05, 0.1) is 10.5 Å². The van der Waals surface area contributed by atoms with Gasteiger partial charge in [0.15, 0.2) is 5.82 Å². The van der Waals surface area contributed by atoms with Crippen molar-refractivity contribution in [1.82, 2.24) is 10.1 Å². The van der Waals surface area contributed by atoms with Crippen molar-refractivity contribution >= 4 is 18.1 Å². The molecule has 0 radical (unpaired) electrons. The Labute approximate surface area is 137 Å². The van der Waals surface area contributed by atoms with Crippen LogP contribution in [-0.4, -0.2) is 15.1 Å². The highest BCUT2D eigenvalue weighted by molar-refractivity contribution is 5.85. The number of rotatable bonds is 3. The van der Waals surface area contributed by atoms with Crippen LogP contribution in [0.2, 0.25) is 0 Å². The van der Waals surface area contributed by atoms with E-state index < -0.39 is 16.3 Å². The molecule has 0 atom stereocenters. The molecule has 1 heterocycles. The Bertz CT molecular complexity index is 744. The van der Waals surface area contributed by atoms with Crippen LogP contribution in [0.4, 0.5) is 10.1 Å². The third-order valence-corrected chi connectivity index (χ3v) is 4.05. The summed E-state index contributed by atoms with van der Waals surface area (Å²) in [6.07, 6.45) is 3.41. The maximum absolute atomic E-state index is 13.6. The minimum atomic E-state index is -0.668. The Morgan fingerprint density at radius 2 is 2.04 bits per heavy atom. The molecule has 0 saturated heterocycles. The van der Waals surface area contributed by atoms with Crippen molar-refractivity contribution in [2.45, 2.75) is 38.1 Å². The van der Waals surface area contributed by atoms with Gasteiger partial charge in [0.1, 0.15) is 11.4 Å². The number of halogens is 2. The second-order valence-electron chi connectivity index (χ2n) is 5.66. The van der Waals surface area contributed by atoms with Gasteiger partial charge in [-0.1, -0.05) is 18.0 Å². The monoisotopic (exact) mass is 342 g/mol. The topological polar surface area (TPSA) is 108 Å². The lowest BCUT2D eigenvalue weighted by molar-refractivity contribution is -0.384. The Hall–Kier alpha value is -2.06. The van der Waals surface area contributed by atoms with E-state index in [1.165, 1.54) is 6.92 Å². The first-order valence-corrected chi connectivity index (χ1v) is 6.99. The fourth-order valence-electron chi connectivity index (χ4n) is 2.91. The molecule has 1 aliphatic rings. The molecule has 3 rings (SSSR count). The van der Waals surface area contributed by atoms with Gasteiger partial charge < -0.3 is 10.3 Å². The van der Waals surface area contributed by atoms with Gasteiger partial charge in [0.25, 0.3) is 11.6 Å². The molecule has 1 aliphatic carbocycles. The minimum absolute atomic E-state index is 0. The highest BCUT2D eigenvalue weighted by Gasteiger charge is 2.37. The van der Waals surface area contributed by atoms with E-state index in [0.29, 0.717) is 5.82 Å². The number of aromatic nitrogens is 2. The van der Waals surface area contributed by atoms with Crippen LogP contribution in [0.1, 0.15) is 37.1 Å². The molecule has 0 amide bonds. The molecule has 0 spiro atoms. The number of hydrogen-bond donors (Lipinski definition) is 1. The van der Waals surface area contributed by atoms with E-state index in [1.54, 1.807) is 0 Å². The van der Waals surface area contributed by atoms with Gasteiger partial charge in [0, 0.05) is 5.56 Å². The smallest absolute Gasteiger partial charge is 0.285 e. The fourth-order valence-corrected chi connectivity index (χ4v) is 2.91. The molecular formula is C14H16ClFN4O3. The molecule has 124 valence electrons. The predicted molar refractivity (Wildman–Crippen MR) is 82.7 cm³/mol. The molecule has 1 fully saturated rings.